The Bertz CT molecular complexity index is 558. The van der Waals surface area contributed by atoms with Gasteiger partial charge in [0.2, 0.25) is 11.8 Å². The summed E-state index contributed by atoms with van der Waals surface area (Å²) >= 11 is 0. The van der Waals surface area contributed by atoms with Gasteiger partial charge in [-0.05, 0) is 19.9 Å². The van der Waals surface area contributed by atoms with Gasteiger partial charge in [0, 0.05) is 23.9 Å². The first-order chi connectivity index (χ1) is 9.19. The van der Waals surface area contributed by atoms with E-state index in [1.807, 2.05) is 26.0 Å². The maximum atomic E-state index is 9.68. The summed E-state index contributed by atoms with van der Waals surface area (Å²) in [5, 5.41) is 12.8. The molecule has 2 rings (SSSR count). The van der Waals surface area contributed by atoms with Crippen LogP contribution in [0.5, 0.6) is 11.6 Å². The zero-order valence-corrected chi connectivity index (χ0v) is 11.1. The van der Waals surface area contributed by atoms with Crippen molar-refractivity contribution >= 4 is 5.95 Å². The summed E-state index contributed by atoms with van der Waals surface area (Å²) in [6.07, 6.45) is 0. The average Bonchev–Trinajstić information content (AvgIpc) is 2.37. The summed E-state index contributed by atoms with van der Waals surface area (Å²) in [6, 6.07) is 8.95. The first-order valence-electron chi connectivity index (χ1n) is 6.18. The topological polar surface area (TPSA) is 67.3 Å². The molecule has 2 aromatic rings. The fourth-order valence-corrected chi connectivity index (χ4v) is 1.68. The maximum absolute atomic E-state index is 9.68. The van der Waals surface area contributed by atoms with Crippen LogP contribution in [-0.2, 0) is 6.54 Å². The van der Waals surface area contributed by atoms with E-state index < -0.39 is 0 Å². The molecule has 0 atom stereocenters. The van der Waals surface area contributed by atoms with E-state index in [1.165, 1.54) is 0 Å². The number of rotatable bonds is 5. The van der Waals surface area contributed by atoms with Crippen LogP contribution in [0.3, 0.4) is 0 Å². The predicted molar refractivity (Wildman–Crippen MR) is 73.4 cm³/mol. The van der Waals surface area contributed by atoms with E-state index in [0.717, 1.165) is 11.3 Å². The van der Waals surface area contributed by atoms with Crippen molar-refractivity contribution in [3.05, 3.63) is 41.6 Å². The van der Waals surface area contributed by atoms with Crippen molar-refractivity contribution in [3.63, 3.8) is 0 Å². The van der Waals surface area contributed by atoms with Crippen LogP contribution < -0.4 is 10.1 Å². The predicted octanol–water partition coefficient (Wildman–Crippen LogP) is 2.50. The second-order valence-corrected chi connectivity index (χ2v) is 4.09. The lowest BCUT2D eigenvalue weighted by atomic mass is 10.2. The van der Waals surface area contributed by atoms with E-state index in [1.54, 1.807) is 18.2 Å². The molecule has 0 aliphatic carbocycles. The minimum atomic E-state index is 0.257. The summed E-state index contributed by atoms with van der Waals surface area (Å²) in [4.78, 5) is 8.52. The second kappa shape index (κ2) is 6.04. The number of ether oxygens (including phenoxy) is 1. The Labute approximate surface area is 112 Å². The van der Waals surface area contributed by atoms with Gasteiger partial charge in [0.1, 0.15) is 5.75 Å². The largest absolute Gasteiger partial charge is 0.508 e. The third-order valence-corrected chi connectivity index (χ3v) is 2.55. The summed E-state index contributed by atoms with van der Waals surface area (Å²) in [6.45, 7) is 4.82. The lowest BCUT2D eigenvalue weighted by Gasteiger charge is -2.09. The van der Waals surface area contributed by atoms with Gasteiger partial charge in [0.05, 0.1) is 6.61 Å². The number of nitrogens with zero attached hydrogens (tertiary/aromatic N) is 2. The van der Waals surface area contributed by atoms with Gasteiger partial charge in [0.15, 0.2) is 0 Å². The van der Waals surface area contributed by atoms with Crippen molar-refractivity contribution in [2.24, 2.45) is 0 Å². The number of phenolic OH excluding ortho intramolecular Hbond substituents is 1. The van der Waals surface area contributed by atoms with Crippen molar-refractivity contribution in [1.29, 1.82) is 0 Å². The maximum Gasteiger partial charge on any atom is 0.226 e. The number of aryl methyl sites for hydroxylation is 1. The van der Waals surface area contributed by atoms with E-state index in [0.29, 0.717) is 25.0 Å². The first-order valence-corrected chi connectivity index (χ1v) is 6.18. The number of phenols is 1. The molecule has 0 saturated heterocycles. The smallest absolute Gasteiger partial charge is 0.226 e. The number of aromatic hydroxyl groups is 1. The summed E-state index contributed by atoms with van der Waals surface area (Å²) in [5.74, 6) is 1.30. The van der Waals surface area contributed by atoms with Crippen LogP contribution in [0.2, 0.25) is 0 Å². The van der Waals surface area contributed by atoms with Crippen molar-refractivity contribution in [1.82, 2.24) is 9.97 Å². The summed E-state index contributed by atoms with van der Waals surface area (Å²) in [7, 11) is 0. The van der Waals surface area contributed by atoms with Crippen LogP contribution >= 0.6 is 0 Å². The van der Waals surface area contributed by atoms with Crippen molar-refractivity contribution in [2.45, 2.75) is 20.4 Å². The highest BCUT2D eigenvalue weighted by Gasteiger charge is 2.04. The third kappa shape index (κ3) is 3.58. The van der Waals surface area contributed by atoms with Gasteiger partial charge in [0.25, 0.3) is 0 Å². The minimum absolute atomic E-state index is 0.257. The quantitative estimate of drug-likeness (QED) is 0.863. The molecule has 19 heavy (non-hydrogen) atoms. The summed E-state index contributed by atoms with van der Waals surface area (Å²) < 4.78 is 5.36. The lowest BCUT2D eigenvalue weighted by Crippen LogP contribution is -2.06. The molecule has 0 spiro atoms. The number of hydrogen-bond donors (Lipinski definition) is 2. The number of benzene rings is 1. The molecule has 100 valence electrons. The Morgan fingerprint density at radius 2 is 2.05 bits per heavy atom. The monoisotopic (exact) mass is 259 g/mol. The molecule has 0 bridgehead atoms. The van der Waals surface area contributed by atoms with Gasteiger partial charge in [-0.1, -0.05) is 18.2 Å². The SMILES string of the molecule is CCOc1cc(C)nc(NCc2ccccc2O)n1. The molecule has 0 aliphatic rings. The second-order valence-electron chi connectivity index (χ2n) is 4.09. The van der Waals surface area contributed by atoms with Crippen LogP contribution in [0.4, 0.5) is 5.95 Å². The lowest BCUT2D eigenvalue weighted by molar-refractivity contribution is 0.326. The molecular formula is C14H17N3O2. The zero-order chi connectivity index (χ0) is 13.7. The van der Waals surface area contributed by atoms with Crippen LogP contribution in [0.1, 0.15) is 18.2 Å². The highest BCUT2D eigenvalue weighted by atomic mass is 16.5. The number of aromatic nitrogens is 2. The molecule has 0 unspecified atom stereocenters. The Morgan fingerprint density at radius 3 is 2.79 bits per heavy atom. The molecule has 1 heterocycles. The Balaban J connectivity index is 2.09. The molecule has 1 aromatic heterocycles. The fraction of sp³-hybridized carbons (Fsp3) is 0.286. The highest BCUT2D eigenvalue weighted by Crippen LogP contribution is 2.17. The molecule has 0 fully saturated rings. The van der Waals surface area contributed by atoms with Crippen LogP contribution in [-0.4, -0.2) is 21.7 Å². The minimum Gasteiger partial charge on any atom is -0.508 e. The fourth-order valence-electron chi connectivity index (χ4n) is 1.68. The van der Waals surface area contributed by atoms with Gasteiger partial charge >= 0.3 is 0 Å². The molecule has 0 radical (unpaired) electrons. The van der Waals surface area contributed by atoms with Gasteiger partial charge in [-0.3, -0.25) is 0 Å². The highest BCUT2D eigenvalue weighted by molar-refractivity contribution is 5.37. The van der Waals surface area contributed by atoms with Gasteiger partial charge < -0.3 is 15.2 Å². The van der Waals surface area contributed by atoms with Gasteiger partial charge in [-0.15, -0.1) is 0 Å². The number of nitrogens with one attached hydrogen (secondary N) is 1. The van der Waals surface area contributed by atoms with Crippen molar-refractivity contribution < 1.29 is 9.84 Å². The van der Waals surface area contributed by atoms with E-state index in [-0.39, 0.29) is 5.75 Å². The Kier molecular flexibility index (Phi) is 4.18. The molecule has 5 nitrogen and oxygen atoms in total. The molecular weight excluding hydrogens is 242 g/mol. The molecule has 0 aliphatic heterocycles. The van der Waals surface area contributed by atoms with Crippen LogP contribution in [0, 0.1) is 6.92 Å². The van der Waals surface area contributed by atoms with E-state index in [9.17, 15) is 5.11 Å². The zero-order valence-electron chi connectivity index (χ0n) is 11.1. The van der Waals surface area contributed by atoms with Crippen molar-refractivity contribution in [3.8, 4) is 11.6 Å². The van der Waals surface area contributed by atoms with Crippen LogP contribution in [0.25, 0.3) is 0 Å². The Morgan fingerprint density at radius 1 is 1.26 bits per heavy atom. The average molecular weight is 259 g/mol. The number of para-hydroxylation sites is 1. The first kappa shape index (κ1) is 13.1. The Hall–Kier alpha value is -2.30. The molecule has 2 N–H and O–H groups in total. The molecule has 1 aromatic carbocycles. The molecule has 5 heteroatoms. The number of hydrogen-bond acceptors (Lipinski definition) is 5. The van der Waals surface area contributed by atoms with E-state index >= 15 is 0 Å². The van der Waals surface area contributed by atoms with Gasteiger partial charge in [-0.2, -0.15) is 4.98 Å². The molecule has 0 saturated carbocycles. The third-order valence-electron chi connectivity index (χ3n) is 2.55. The molecule has 0 amide bonds. The normalized spacial score (nSPS) is 10.2. The standard InChI is InChI=1S/C14H17N3O2/c1-3-19-13-8-10(2)16-14(17-13)15-9-11-6-4-5-7-12(11)18/h4-8,18H,3,9H2,1-2H3,(H,15,16,17). The van der Waals surface area contributed by atoms with E-state index in [4.69, 9.17) is 4.74 Å². The van der Waals surface area contributed by atoms with Crippen LogP contribution in [0.15, 0.2) is 30.3 Å². The number of anilines is 1. The van der Waals surface area contributed by atoms with Gasteiger partial charge in [-0.25, -0.2) is 4.98 Å². The van der Waals surface area contributed by atoms with E-state index in [2.05, 4.69) is 15.3 Å². The van der Waals surface area contributed by atoms with Crippen molar-refractivity contribution in [2.75, 3.05) is 11.9 Å². The summed E-state index contributed by atoms with van der Waals surface area (Å²) in [5.41, 5.74) is 1.63.